The highest BCUT2D eigenvalue weighted by Gasteiger charge is 2.17. The number of esters is 1. The smallest absolute Gasteiger partial charge is 0.339 e. The number of pyridine rings is 2. The van der Waals surface area contributed by atoms with Gasteiger partial charge in [-0.2, -0.15) is 0 Å². The predicted octanol–water partition coefficient (Wildman–Crippen LogP) is 4.65. The lowest BCUT2D eigenvalue weighted by atomic mass is 10.1. The molecule has 2 aromatic heterocycles. The lowest BCUT2D eigenvalue weighted by Crippen LogP contribution is -2.16. The van der Waals surface area contributed by atoms with Gasteiger partial charge < -0.3 is 19.1 Å². The number of unbranched alkanes of at least 4 members (excludes halogenated alkanes) is 1. The third-order valence-corrected chi connectivity index (χ3v) is 5.42. The van der Waals surface area contributed by atoms with E-state index in [4.69, 9.17) is 32.7 Å². The molecule has 32 heavy (non-hydrogen) atoms. The van der Waals surface area contributed by atoms with E-state index in [0.29, 0.717) is 41.3 Å². The predicted molar refractivity (Wildman–Crippen MR) is 123 cm³/mol. The van der Waals surface area contributed by atoms with Crippen LogP contribution in [0, 0.1) is 0 Å². The second-order valence-corrected chi connectivity index (χ2v) is 7.93. The summed E-state index contributed by atoms with van der Waals surface area (Å²) < 4.78 is 12.0. The van der Waals surface area contributed by atoms with E-state index in [1.807, 2.05) is 0 Å². The van der Waals surface area contributed by atoms with Gasteiger partial charge in [-0.15, -0.1) is 0 Å². The lowest BCUT2D eigenvalue weighted by Gasteiger charge is -2.14. The molecule has 0 bridgehead atoms. The average molecular weight is 477 g/mol. The maximum atomic E-state index is 12.2. The Morgan fingerprint density at radius 1 is 1.16 bits per heavy atom. The summed E-state index contributed by atoms with van der Waals surface area (Å²) in [5, 5.41) is 10.6. The number of hydrogen-bond acceptors (Lipinski definition) is 6. The Labute approximate surface area is 195 Å². The van der Waals surface area contributed by atoms with Crippen LogP contribution in [-0.2, 0) is 18.2 Å². The van der Waals surface area contributed by atoms with Gasteiger partial charge in [-0.25, -0.2) is 9.78 Å². The molecule has 0 saturated heterocycles. The maximum Gasteiger partial charge on any atom is 0.339 e. The molecule has 0 aliphatic heterocycles. The largest absolute Gasteiger partial charge is 0.508 e. The molecule has 0 amide bonds. The number of ether oxygens (including phenoxy) is 2. The minimum atomic E-state index is -0.549. The third-order valence-electron chi connectivity index (χ3n) is 4.88. The van der Waals surface area contributed by atoms with Crippen molar-refractivity contribution in [3.05, 3.63) is 74.4 Å². The van der Waals surface area contributed by atoms with Crippen LogP contribution < -0.4 is 10.3 Å². The van der Waals surface area contributed by atoms with Crippen molar-refractivity contribution in [2.24, 2.45) is 7.05 Å². The van der Waals surface area contributed by atoms with Gasteiger partial charge in [-0.1, -0.05) is 23.2 Å². The van der Waals surface area contributed by atoms with Gasteiger partial charge >= 0.3 is 5.97 Å². The van der Waals surface area contributed by atoms with Gasteiger partial charge in [0.15, 0.2) is 0 Å². The van der Waals surface area contributed by atoms with E-state index in [0.717, 1.165) is 12.0 Å². The minimum Gasteiger partial charge on any atom is -0.508 e. The molecular weight excluding hydrogens is 455 g/mol. The van der Waals surface area contributed by atoms with E-state index in [2.05, 4.69) is 4.98 Å². The number of rotatable bonds is 8. The molecule has 0 unspecified atom stereocenters. The highest BCUT2D eigenvalue weighted by Crippen LogP contribution is 2.34. The number of carbonyl (C=O) groups is 1. The first kappa shape index (κ1) is 23.6. The summed E-state index contributed by atoms with van der Waals surface area (Å²) in [5.74, 6) is -0.00631. The van der Waals surface area contributed by atoms with Crippen LogP contribution in [0.2, 0.25) is 10.2 Å². The molecule has 0 spiro atoms. The van der Waals surface area contributed by atoms with Crippen LogP contribution in [0.4, 0.5) is 0 Å². The summed E-state index contributed by atoms with van der Waals surface area (Å²) in [5.41, 5.74) is 1.73. The monoisotopic (exact) mass is 476 g/mol. The molecule has 9 heteroatoms. The van der Waals surface area contributed by atoms with Crippen molar-refractivity contribution in [3.63, 3.8) is 0 Å². The highest BCUT2D eigenvalue weighted by atomic mass is 35.5. The van der Waals surface area contributed by atoms with Crippen LogP contribution in [0.1, 0.15) is 28.8 Å². The number of benzene rings is 1. The fourth-order valence-corrected chi connectivity index (χ4v) is 3.55. The number of methoxy groups -OCH3 is 1. The molecule has 2 heterocycles. The summed E-state index contributed by atoms with van der Waals surface area (Å²) >= 11 is 12.3. The number of phenols is 1. The molecule has 7 nitrogen and oxygen atoms in total. The van der Waals surface area contributed by atoms with Crippen molar-refractivity contribution in [1.82, 2.24) is 9.55 Å². The SMILES string of the molecule is COC(=O)c1cnc(Cl)c(-c2cn(C)c(=O)cc2OCCCCc2cc(Cl)ccc2O)c1. The first-order valence-corrected chi connectivity index (χ1v) is 10.6. The standard InChI is InChI=1S/C23H22Cl2N2O5/c1-27-13-18(17-10-15(23(30)31-2)12-26-22(17)25)20(11-21(27)29)32-8-4-3-5-14-9-16(24)6-7-19(14)28/h6-7,9-13,28H,3-5,8H2,1-2H3. The molecule has 0 radical (unpaired) electrons. The van der Waals surface area contributed by atoms with E-state index in [1.165, 1.54) is 23.9 Å². The van der Waals surface area contributed by atoms with Gasteiger partial charge in [0.2, 0.25) is 0 Å². The van der Waals surface area contributed by atoms with E-state index >= 15 is 0 Å². The second-order valence-electron chi connectivity index (χ2n) is 7.13. The Bertz CT molecular complexity index is 1190. The van der Waals surface area contributed by atoms with Crippen LogP contribution in [0.3, 0.4) is 0 Å². The summed E-state index contributed by atoms with van der Waals surface area (Å²) in [4.78, 5) is 28.2. The molecule has 0 atom stereocenters. The first-order valence-electron chi connectivity index (χ1n) is 9.85. The Morgan fingerprint density at radius 2 is 1.94 bits per heavy atom. The van der Waals surface area contributed by atoms with Crippen LogP contribution in [-0.4, -0.2) is 34.3 Å². The fourth-order valence-electron chi connectivity index (χ4n) is 3.15. The van der Waals surface area contributed by atoms with E-state index in [9.17, 15) is 14.7 Å². The molecule has 0 fully saturated rings. The van der Waals surface area contributed by atoms with Crippen molar-refractivity contribution in [2.45, 2.75) is 19.3 Å². The van der Waals surface area contributed by atoms with Crippen molar-refractivity contribution >= 4 is 29.2 Å². The number of halogens is 2. The number of nitrogens with zero attached hydrogens (tertiary/aromatic N) is 2. The average Bonchev–Trinajstić information content (AvgIpc) is 2.77. The zero-order valence-corrected chi connectivity index (χ0v) is 19.1. The van der Waals surface area contributed by atoms with Crippen molar-refractivity contribution in [2.75, 3.05) is 13.7 Å². The molecule has 0 aliphatic carbocycles. The number of carbonyl (C=O) groups excluding carboxylic acids is 1. The molecular formula is C23H22Cl2N2O5. The number of aryl methyl sites for hydroxylation is 2. The van der Waals surface area contributed by atoms with Gasteiger partial charge in [-0.05, 0) is 49.1 Å². The normalized spacial score (nSPS) is 10.8. The summed E-state index contributed by atoms with van der Waals surface area (Å²) in [6, 6.07) is 7.87. The molecule has 168 valence electrons. The Morgan fingerprint density at radius 3 is 2.69 bits per heavy atom. The van der Waals surface area contributed by atoms with Crippen LogP contribution >= 0.6 is 23.2 Å². The maximum absolute atomic E-state index is 12.2. The molecule has 3 rings (SSSR count). The van der Waals surface area contributed by atoms with Gasteiger partial charge in [0.1, 0.15) is 16.7 Å². The topological polar surface area (TPSA) is 90.7 Å². The number of hydrogen-bond donors (Lipinski definition) is 1. The Kier molecular flexibility index (Phi) is 7.77. The summed E-state index contributed by atoms with van der Waals surface area (Å²) in [6.07, 6.45) is 4.97. The minimum absolute atomic E-state index is 0.164. The first-order chi connectivity index (χ1) is 15.3. The van der Waals surface area contributed by atoms with E-state index in [1.54, 1.807) is 37.5 Å². The Balaban J connectivity index is 1.76. The molecule has 0 aliphatic rings. The number of aromatic nitrogens is 2. The molecule has 1 N–H and O–H groups in total. The lowest BCUT2D eigenvalue weighted by molar-refractivity contribution is 0.0600. The van der Waals surface area contributed by atoms with Crippen molar-refractivity contribution in [3.8, 4) is 22.6 Å². The van der Waals surface area contributed by atoms with Gasteiger partial charge in [0.25, 0.3) is 5.56 Å². The number of aromatic hydroxyl groups is 1. The number of phenolic OH excluding ortho intramolecular Hbond substituents is 1. The van der Waals surface area contributed by atoms with Gasteiger partial charge in [-0.3, -0.25) is 4.79 Å². The van der Waals surface area contributed by atoms with E-state index in [-0.39, 0.29) is 22.0 Å². The summed E-state index contributed by atoms with van der Waals surface area (Å²) in [7, 11) is 2.89. The zero-order chi connectivity index (χ0) is 23.3. The molecule has 3 aromatic rings. The highest BCUT2D eigenvalue weighted by molar-refractivity contribution is 6.32. The zero-order valence-electron chi connectivity index (χ0n) is 17.6. The van der Waals surface area contributed by atoms with Crippen LogP contribution in [0.15, 0.2) is 47.5 Å². The van der Waals surface area contributed by atoms with Gasteiger partial charge in [0.05, 0.1) is 19.3 Å². The molecule has 0 saturated carbocycles. The van der Waals surface area contributed by atoms with E-state index < -0.39 is 5.97 Å². The third kappa shape index (κ3) is 5.60. The van der Waals surface area contributed by atoms with Crippen LogP contribution in [0.5, 0.6) is 11.5 Å². The Hall–Kier alpha value is -3.03. The van der Waals surface area contributed by atoms with Crippen molar-refractivity contribution in [1.29, 1.82) is 0 Å². The van der Waals surface area contributed by atoms with Gasteiger partial charge in [0, 0.05) is 41.7 Å². The van der Waals surface area contributed by atoms with Crippen molar-refractivity contribution < 1.29 is 19.4 Å². The summed E-state index contributed by atoms with van der Waals surface area (Å²) in [6.45, 7) is 0.337. The molecule has 1 aromatic carbocycles. The second kappa shape index (κ2) is 10.5. The van der Waals surface area contributed by atoms with Crippen LogP contribution in [0.25, 0.3) is 11.1 Å². The fraction of sp³-hybridized carbons (Fsp3) is 0.261. The quantitative estimate of drug-likeness (QED) is 0.289.